The summed E-state index contributed by atoms with van der Waals surface area (Å²) in [6, 6.07) is 34.8. The monoisotopic (exact) mass is 710 g/mol. The third-order valence-electron chi connectivity index (χ3n) is 12.7. The van der Waals surface area contributed by atoms with E-state index < -0.39 is 0 Å². The molecule has 4 aliphatic rings. The van der Waals surface area contributed by atoms with Crippen molar-refractivity contribution in [2.75, 3.05) is 26.7 Å². The van der Waals surface area contributed by atoms with Crippen molar-refractivity contribution in [2.24, 2.45) is 5.92 Å². The fraction of sp³-hybridized carbons (Fsp3) is 0.413. The van der Waals surface area contributed by atoms with Gasteiger partial charge in [-0.2, -0.15) is 0 Å². The summed E-state index contributed by atoms with van der Waals surface area (Å²) in [7, 11) is 1.71. The molecular formula is C46H50N2O5. The average Bonchev–Trinajstić information content (AvgIpc) is 3.54. The molecule has 2 heterocycles. The van der Waals surface area contributed by atoms with Crippen LogP contribution in [0.1, 0.15) is 90.4 Å². The minimum absolute atomic E-state index is 0.0263. The highest BCUT2D eigenvalue weighted by Gasteiger charge is 2.66. The van der Waals surface area contributed by atoms with E-state index in [4.69, 9.17) is 9.47 Å². The highest BCUT2D eigenvalue weighted by molar-refractivity contribution is 5.96. The fourth-order valence-electron chi connectivity index (χ4n) is 10.4. The summed E-state index contributed by atoms with van der Waals surface area (Å²) in [5, 5.41) is 0. The van der Waals surface area contributed by atoms with E-state index in [0.29, 0.717) is 44.7 Å². The molecule has 2 bridgehead atoms. The number of amides is 1. The molecule has 53 heavy (non-hydrogen) atoms. The molecule has 2 aliphatic carbocycles. The van der Waals surface area contributed by atoms with Crippen LogP contribution in [0.4, 0.5) is 0 Å². The number of hydrogen-bond acceptors (Lipinski definition) is 6. The Balaban J connectivity index is 1.14. The van der Waals surface area contributed by atoms with Gasteiger partial charge in [-0.05, 0) is 80.7 Å². The molecule has 0 radical (unpaired) electrons. The van der Waals surface area contributed by atoms with Crippen LogP contribution in [0.25, 0.3) is 0 Å². The number of nitrogens with zero attached hydrogens (tertiary/aromatic N) is 2. The predicted molar refractivity (Wildman–Crippen MR) is 206 cm³/mol. The van der Waals surface area contributed by atoms with Crippen molar-refractivity contribution in [1.82, 2.24) is 9.80 Å². The second-order valence-electron chi connectivity index (χ2n) is 15.6. The van der Waals surface area contributed by atoms with E-state index in [1.807, 2.05) is 48.5 Å². The van der Waals surface area contributed by atoms with Crippen LogP contribution in [0, 0.1) is 5.92 Å². The molecule has 4 aromatic carbocycles. The van der Waals surface area contributed by atoms with Gasteiger partial charge in [0.15, 0.2) is 17.3 Å². The van der Waals surface area contributed by atoms with Gasteiger partial charge in [0.1, 0.15) is 11.9 Å². The number of methoxy groups -OCH3 is 1. The Bertz CT molecular complexity index is 1910. The highest BCUT2D eigenvalue weighted by atomic mass is 16.5. The van der Waals surface area contributed by atoms with E-state index in [2.05, 4.69) is 64.4 Å². The van der Waals surface area contributed by atoms with Crippen molar-refractivity contribution in [3.05, 3.63) is 131 Å². The smallest absolute Gasteiger partial charge is 0.222 e. The lowest BCUT2D eigenvalue weighted by Gasteiger charge is -2.60. The summed E-state index contributed by atoms with van der Waals surface area (Å²) in [5.74, 6) is 2.32. The van der Waals surface area contributed by atoms with Crippen LogP contribution in [-0.2, 0) is 21.4 Å². The third kappa shape index (κ3) is 6.47. The van der Waals surface area contributed by atoms with Crippen molar-refractivity contribution in [1.29, 1.82) is 0 Å². The first-order valence-corrected chi connectivity index (χ1v) is 19.5. The molecule has 8 rings (SSSR count). The molecule has 1 amide bonds. The molecule has 2 fully saturated rings. The SMILES string of the molecule is COc1ccc2c3c1O[C@H]1[C@@H](N(CC(c4ccccc4)c4ccccc4)C(=O)CCCCC(=O)c4ccccc4)CC[C@H]4[C@@H](C2)N(CC(C)=O)CC[C@@]341. The van der Waals surface area contributed by atoms with E-state index in [9.17, 15) is 14.4 Å². The van der Waals surface area contributed by atoms with Gasteiger partial charge in [-0.1, -0.05) is 97.1 Å². The van der Waals surface area contributed by atoms with Crippen LogP contribution in [0.15, 0.2) is 103 Å². The lowest BCUT2D eigenvalue weighted by Crippen LogP contribution is -2.69. The molecule has 1 spiro atoms. The van der Waals surface area contributed by atoms with Gasteiger partial charge < -0.3 is 14.4 Å². The zero-order valence-corrected chi connectivity index (χ0v) is 30.9. The van der Waals surface area contributed by atoms with Gasteiger partial charge in [0.2, 0.25) is 5.91 Å². The molecule has 5 atom stereocenters. The minimum Gasteiger partial charge on any atom is -0.493 e. The van der Waals surface area contributed by atoms with Gasteiger partial charge in [-0.3, -0.25) is 19.3 Å². The zero-order valence-electron chi connectivity index (χ0n) is 30.9. The molecule has 1 saturated carbocycles. The average molecular weight is 711 g/mol. The first-order valence-electron chi connectivity index (χ1n) is 19.5. The molecule has 1 saturated heterocycles. The Kier molecular flexibility index (Phi) is 9.95. The second-order valence-corrected chi connectivity index (χ2v) is 15.6. The van der Waals surface area contributed by atoms with Gasteiger partial charge in [-0.25, -0.2) is 0 Å². The van der Waals surface area contributed by atoms with E-state index in [1.54, 1.807) is 14.0 Å². The first kappa shape index (κ1) is 35.3. The van der Waals surface area contributed by atoms with Gasteiger partial charge in [0.25, 0.3) is 0 Å². The van der Waals surface area contributed by atoms with Crippen molar-refractivity contribution in [3.8, 4) is 11.5 Å². The van der Waals surface area contributed by atoms with Crippen molar-refractivity contribution >= 4 is 17.5 Å². The lowest BCUT2D eigenvalue weighted by atomic mass is 9.51. The summed E-state index contributed by atoms with van der Waals surface area (Å²) in [6.07, 6.45) is 5.40. The Morgan fingerprint density at radius 3 is 2.19 bits per heavy atom. The number of carbonyl (C=O) groups is 3. The lowest BCUT2D eigenvalue weighted by molar-refractivity contribution is -0.144. The predicted octanol–water partition coefficient (Wildman–Crippen LogP) is 7.80. The van der Waals surface area contributed by atoms with Crippen LogP contribution in [0.2, 0.25) is 0 Å². The number of ketones is 2. The molecule has 4 aromatic rings. The van der Waals surface area contributed by atoms with E-state index in [-0.39, 0.29) is 47.0 Å². The normalized spacial score (nSPS) is 23.9. The summed E-state index contributed by atoms with van der Waals surface area (Å²) in [6.45, 7) is 3.52. The van der Waals surface area contributed by atoms with Crippen molar-refractivity contribution in [2.45, 2.75) is 87.8 Å². The van der Waals surface area contributed by atoms with E-state index in [0.717, 1.165) is 49.3 Å². The maximum atomic E-state index is 14.9. The van der Waals surface area contributed by atoms with Crippen LogP contribution in [0.5, 0.6) is 11.5 Å². The number of rotatable bonds is 14. The number of piperidine rings is 1. The van der Waals surface area contributed by atoms with Crippen LogP contribution >= 0.6 is 0 Å². The molecule has 7 heteroatoms. The number of likely N-dealkylation sites (tertiary alicyclic amines) is 1. The van der Waals surface area contributed by atoms with Crippen LogP contribution in [-0.4, -0.2) is 72.2 Å². The number of carbonyl (C=O) groups excluding carboxylic acids is 3. The van der Waals surface area contributed by atoms with E-state index in [1.165, 1.54) is 22.3 Å². The van der Waals surface area contributed by atoms with Gasteiger partial charge in [0.05, 0.1) is 19.7 Å². The summed E-state index contributed by atoms with van der Waals surface area (Å²) in [5.41, 5.74) is 5.36. The zero-order chi connectivity index (χ0) is 36.5. The maximum absolute atomic E-state index is 14.9. The Morgan fingerprint density at radius 1 is 0.868 bits per heavy atom. The van der Waals surface area contributed by atoms with Gasteiger partial charge >= 0.3 is 0 Å². The largest absolute Gasteiger partial charge is 0.493 e. The van der Waals surface area contributed by atoms with Crippen molar-refractivity contribution < 1.29 is 23.9 Å². The summed E-state index contributed by atoms with van der Waals surface area (Å²) in [4.78, 5) is 44.8. The quantitative estimate of drug-likeness (QED) is 0.0983. The number of benzene rings is 4. The van der Waals surface area contributed by atoms with Gasteiger partial charge in [0, 0.05) is 47.9 Å². The number of Topliss-reactive ketones (excluding diaryl/α,β-unsaturated/α-hetero) is 2. The minimum atomic E-state index is -0.270. The third-order valence-corrected chi connectivity index (χ3v) is 12.7. The maximum Gasteiger partial charge on any atom is 0.222 e. The molecule has 7 nitrogen and oxygen atoms in total. The Hall–Kier alpha value is -4.75. The molecule has 0 aromatic heterocycles. The summed E-state index contributed by atoms with van der Waals surface area (Å²) >= 11 is 0. The molecule has 2 aliphatic heterocycles. The van der Waals surface area contributed by atoms with Gasteiger partial charge in [-0.15, -0.1) is 0 Å². The second kappa shape index (κ2) is 14.9. The number of ether oxygens (including phenoxy) is 2. The molecular weight excluding hydrogens is 661 g/mol. The molecule has 274 valence electrons. The Labute approximate surface area is 313 Å². The number of unbranched alkanes of at least 4 members (excludes halogenated alkanes) is 1. The standard InChI is InChI=1S/C46H50N2O5/c1-31(49)29-47-27-26-46-37-23-24-38(45(46)53-44-41(52-2)25-22-35(43(44)46)28-39(37)47)48(42(51)21-13-12-20-40(50)34-18-10-5-11-19-34)30-36(32-14-6-3-7-15-32)33-16-8-4-9-17-33/h3-11,14-19,22,25,36-39,45H,12-13,20-21,23-24,26-30H2,1-2H3/t37-,38-,39+,45-,46-/m0/s1. The van der Waals surface area contributed by atoms with Crippen molar-refractivity contribution in [3.63, 3.8) is 0 Å². The van der Waals surface area contributed by atoms with Crippen LogP contribution < -0.4 is 9.47 Å². The Morgan fingerprint density at radius 2 is 1.53 bits per heavy atom. The van der Waals surface area contributed by atoms with Crippen LogP contribution in [0.3, 0.4) is 0 Å². The van der Waals surface area contributed by atoms with E-state index >= 15 is 0 Å². The topological polar surface area (TPSA) is 76.2 Å². The molecule has 0 unspecified atom stereocenters. The highest BCUT2D eigenvalue weighted by Crippen LogP contribution is 2.64. The first-order chi connectivity index (χ1) is 25.9. The molecule has 0 N–H and O–H groups in total. The number of hydrogen-bond donors (Lipinski definition) is 0. The fourth-order valence-corrected chi connectivity index (χ4v) is 10.4. The summed E-state index contributed by atoms with van der Waals surface area (Å²) < 4.78 is 13.1.